The van der Waals surface area contributed by atoms with Crippen molar-refractivity contribution in [1.82, 2.24) is 4.90 Å². The molecule has 0 unspecified atom stereocenters. The van der Waals surface area contributed by atoms with Gasteiger partial charge in [0, 0.05) is 24.9 Å². The molecule has 0 aliphatic heterocycles. The smallest absolute Gasteiger partial charge is 0.338 e. The number of rotatable bonds is 6. The van der Waals surface area contributed by atoms with Gasteiger partial charge in [0.15, 0.2) is 0 Å². The molecule has 0 fully saturated rings. The molecule has 2 rings (SSSR count). The van der Waals surface area contributed by atoms with Crippen molar-refractivity contribution in [2.75, 3.05) is 14.2 Å². The quantitative estimate of drug-likeness (QED) is 0.769. The molecule has 0 aliphatic rings. The number of nitrogens with zero attached hydrogens (tertiary/aromatic N) is 1. The molecular weight excluding hydrogens is 298 g/mol. The zero-order chi connectivity index (χ0) is 15.9. The van der Waals surface area contributed by atoms with Gasteiger partial charge in [-0.1, -0.05) is 24.3 Å². The average molecular weight is 317 g/mol. The average Bonchev–Trinajstić information content (AvgIpc) is 3.05. The van der Waals surface area contributed by atoms with Crippen LogP contribution in [0.15, 0.2) is 41.8 Å². The SMILES string of the molecule is COC(=O)c1ccccc1CN(C)C(=O)CCc1cccs1. The molecule has 1 aromatic heterocycles. The van der Waals surface area contributed by atoms with Crippen LogP contribution in [-0.2, 0) is 22.5 Å². The maximum atomic E-state index is 12.2. The number of carbonyl (C=O) groups excluding carboxylic acids is 2. The highest BCUT2D eigenvalue weighted by Crippen LogP contribution is 2.15. The van der Waals surface area contributed by atoms with Gasteiger partial charge in [0.2, 0.25) is 5.91 Å². The molecule has 22 heavy (non-hydrogen) atoms. The fraction of sp³-hybridized carbons (Fsp3) is 0.294. The summed E-state index contributed by atoms with van der Waals surface area (Å²) in [5.74, 6) is -0.317. The predicted molar refractivity (Wildman–Crippen MR) is 86.9 cm³/mol. The van der Waals surface area contributed by atoms with E-state index in [0.717, 1.165) is 12.0 Å². The van der Waals surface area contributed by atoms with E-state index in [0.29, 0.717) is 18.5 Å². The number of thiophene rings is 1. The van der Waals surface area contributed by atoms with Crippen LogP contribution in [0.1, 0.15) is 27.2 Å². The first-order valence-corrected chi connectivity index (χ1v) is 7.92. The number of carbonyl (C=O) groups is 2. The van der Waals surface area contributed by atoms with Gasteiger partial charge in [-0.15, -0.1) is 11.3 Å². The van der Waals surface area contributed by atoms with Gasteiger partial charge in [-0.05, 0) is 29.5 Å². The number of hydrogen-bond acceptors (Lipinski definition) is 4. The topological polar surface area (TPSA) is 46.6 Å². The van der Waals surface area contributed by atoms with Crippen molar-refractivity contribution in [1.29, 1.82) is 0 Å². The van der Waals surface area contributed by atoms with Crippen LogP contribution >= 0.6 is 11.3 Å². The van der Waals surface area contributed by atoms with E-state index in [2.05, 4.69) is 0 Å². The molecule has 1 heterocycles. The zero-order valence-corrected chi connectivity index (χ0v) is 13.6. The first-order valence-electron chi connectivity index (χ1n) is 7.04. The summed E-state index contributed by atoms with van der Waals surface area (Å²) in [4.78, 5) is 26.8. The van der Waals surface area contributed by atoms with E-state index in [4.69, 9.17) is 4.74 Å². The Morgan fingerprint density at radius 1 is 1.18 bits per heavy atom. The maximum absolute atomic E-state index is 12.2. The minimum atomic E-state index is -0.380. The Bertz CT molecular complexity index is 637. The Hall–Kier alpha value is -2.14. The van der Waals surface area contributed by atoms with E-state index in [1.54, 1.807) is 35.4 Å². The van der Waals surface area contributed by atoms with Crippen LogP contribution in [0.5, 0.6) is 0 Å². The van der Waals surface area contributed by atoms with Crippen LogP contribution in [0.3, 0.4) is 0 Å². The Kier molecular flexibility index (Phi) is 5.72. The molecule has 0 bridgehead atoms. The molecule has 0 spiro atoms. The number of benzene rings is 1. The van der Waals surface area contributed by atoms with Crippen molar-refractivity contribution in [3.8, 4) is 0 Å². The van der Waals surface area contributed by atoms with Crippen molar-refractivity contribution < 1.29 is 14.3 Å². The molecule has 5 heteroatoms. The zero-order valence-electron chi connectivity index (χ0n) is 12.7. The number of methoxy groups -OCH3 is 1. The first kappa shape index (κ1) is 16.2. The molecule has 0 N–H and O–H groups in total. The molecule has 1 amide bonds. The molecule has 4 nitrogen and oxygen atoms in total. The summed E-state index contributed by atoms with van der Waals surface area (Å²) in [6, 6.07) is 11.2. The van der Waals surface area contributed by atoms with Crippen molar-refractivity contribution >= 4 is 23.2 Å². The first-order chi connectivity index (χ1) is 10.6. The van der Waals surface area contributed by atoms with E-state index >= 15 is 0 Å². The second-order valence-corrected chi connectivity index (χ2v) is 6.01. The standard InChI is InChI=1S/C17H19NO3S/c1-18(16(19)10-9-14-7-5-11-22-14)12-13-6-3-4-8-15(13)17(20)21-2/h3-8,11H,9-10,12H2,1-2H3. The summed E-state index contributed by atoms with van der Waals surface area (Å²) in [5.41, 5.74) is 1.30. The van der Waals surface area contributed by atoms with E-state index in [-0.39, 0.29) is 11.9 Å². The van der Waals surface area contributed by atoms with Gasteiger partial charge < -0.3 is 9.64 Å². The normalized spacial score (nSPS) is 10.3. The van der Waals surface area contributed by atoms with Gasteiger partial charge in [0.1, 0.15) is 0 Å². The molecule has 0 saturated heterocycles. The number of ether oxygens (including phenoxy) is 1. The van der Waals surface area contributed by atoms with Crippen molar-refractivity contribution in [2.24, 2.45) is 0 Å². The molecule has 0 radical (unpaired) electrons. The van der Waals surface area contributed by atoms with Crippen LogP contribution in [-0.4, -0.2) is 30.9 Å². The van der Waals surface area contributed by atoms with Crippen molar-refractivity contribution in [3.63, 3.8) is 0 Å². The van der Waals surface area contributed by atoms with Crippen LogP contribution in [0.4, 0.5) is 0 Å². The van der Waals surface area contributed by atoms with Gasteiger partial charge in [-0.25, -0.2) is 4.79 Å². The Balaban J connectivity index is 1.97. The Morgan fingerprint density at radius 3 is 2.64 bits per heavy atom. The summed E-state index contributed by atoms with van der Waals surface area (Å²) in [6.45, 7) is 0.397. The Labute approximate surface area is 134 Å². The van der Waals surface area contributed by atoms with Gasteiger partial charge in [0.25, 0.3) is 0 Å². The fourth-order valence-electron chi connectivity index (χ4n) is 2.19. The van der Waals surface area contributed by atoms with E-state index in [1.807, 2.05) is 29.6 Å². The second-order valence-electron chi connectivity index (χ2n) is 4.98. The summed E-state index contributed by atoms with van der Waals surface area (Å²) in [6.07, 6.45) is 1.22. The molecule has 0 saturated carbocycles. The molecule has 0 aliphatic carbocycles. The molecule has 1 aromatic carbocycles. The van der Waals surface area contributed by atoms with Crippen molar-refractivity contribution in [3.05, 3.63) is 57.8 Å². The third-order valence-electron chi connectivity index (χ3n) is 3.42. The molecular formula is C17H19NO3S. The maximum Gasteiger partial charge on any atom is 0.338 e. The van der Waals surface area contributed by atoms with Gasteiger partial charge >= 0.3 is 5.97 Å². The van der Waals surface area contributed by atoms with Crippen LogP contribution in [0, 0.1) is 0 Å². The lowest BCUT2D eigenvalue weighted by Crippen LogP contribution is -2.27. The third-order valence-corrected chi connectivity index (χ3v) is 4.36. The largest absolute Gasteiger partial charge is 0.465 e. The summed E-state index contributed by atoms with van der Waals surface area (Å²) in [7, 11) is 3.11. The highest BCUT2D eigenvalue weighted by atomic mass is 32.1. The van der Waals surface area contributed by atoms with Gasteiger partial charge in [-0.3, -0.25) is 4.79 Å². The number of hydrogen-bond donors (Lipinski definition) is 0. The third kappa shape index (κ3) is 4.18. The lowest BCUT2D eigenvalue weighted by molar-refractivity contribution is -0.130. The predicted octanol–water partition coefficient (Wildman–Crippen LogP) is 3.13. The van der Waals surface area contributed by atoms with Crippen molar-refractivity contribution in [2.45, 2.75) is 19.4 Å². The second kappa shape index (κ2) is 7.75. The highest BCUT2D eigenvalue weighted by Gasteiger charge is 2.15. The molecule has 0 atom stereocenters. The fourth-order valence-corrected chi connectivity index (χ4v) is 2.90. The van der Waals surface area contributed by atoms with Crippen LogP contribution in [0.25, 0.3) is 0 Å². The number of esters is 1. The van der Waals surface area contributed by atoms with E-state index in [1.165, 1.54) is 12.0 Å². The number of amides is 1. The lowest BCUT2D eigenvalue weighted by atomic mass is 10.1. The van der Waals surface area contributed by atoms with Crippen LogP contribution < -0.4 is 0 Å². The molecule has 116 valence electrons. The lowest BCUT2D eigenvalue weighted by Gasteiger charge is -2.18. The van der Waals surface area contributed by atoms with E-state index in [9.17, 15) is 9.59 Å². The minimum Gasteiger partial charge on any atom is -0.465 e. The van der Waals surface area contributed by atoms with Gasteiger partial charge in [-0.2, -0.15) is 0 Å². The van der Waals surface area contributed by atoms with Gasteiger partial charge in [0.05, 0.1) is 12.7 Å². The monoisotopic (exact) mass is 317 g/mol. The van der Waals surface area contributed by atoms with E-state index < -0.39 is 0 Å². The summed E-state index contributed by atoms with van der Waals surface area (Å²) < 4.78 is 4.77. The Morgan fingerprint density at radius 2 is 1.95 bits per heavy atom. The minimum absolute atomic E-state index is 0.0630. The highest BCUT2D eigenvalue weighted by molar-refractivity contribution is 7.09. The molecule has 2 aromatic rings. The number of aryl methyl sites for hydroxylation is 1. The summed E-state index contributed by atoms with van der Waals surface area (Å²) >= 11 is 1.66. The summed E-state index contributed by atoms with van der Waals surface area (Å²) in [5, 5.41) is 2.01. The van der Waals surface area contributed by atoms with Crippen LogP contribution in [0.2, 0.25) is 0 Å².